The fraction of sp³-hybridized carbons (Fsp3) is 0.300. The molecule has 0 heterocycles. The minimum atomic E-state index is -0.335. The molecule has 1 amide bonds. The Morgan fingerprint density at radius 2 is 2.21 bits per heavy atom. The number of rotatable bonds is 3. The number of halogens is 2. The van der Waals surface area contributed by atoms with Crippen LogP contribution in [-0.4, -0.2) is 10.7 Å². The summed E-state index contributed by atoms with van der Waals surface area (Å²) in [5, 5.41) is 0. The summed E-state index contributed by atoms with van der Waals surface area (Å²) in [6.07, 6.45) is 0.609. The highest BCUT2D eigenvalue weighted by atomic mass is 79.9. The maximum absolute atomic E-state index is 10.9. The van der Waals surface area contributed by atoms with Crippen molar-refractivity contribution in [1.29, 1.82) is 0 Å². The van der Waals surface area contributed by atoms with E-state index in [1.54, 1.807) is 0 Å². The molecule has 1 atom stereocenters. The Morgan fingerprint density at radius 1 is 1.57 bits per heavy atom. The first-order chi connectivity index (χ1) is 6.52. The third-order valence-electron chi connectivity index (χ3n) is 1.98. The van der Waals surface area contributed by atoms with Crippen LogP contribution in [0.25, 0.3) is 0 Å². The average Bonchev–Trinajstić information content (AvgIpc) is 2.12. The predicted octanol–water partition coefficient (Wildman–Crippen LogP) is 2.55. The number of carbonyl (C=O) groups is 1. The molecule has 0 saturated heterocycles. The van der Waals surface area contributed by atoms with E-state index >= 15 is 0 Å². The van der Waals surface area contributed by atoms with Gasteiger partial charge < -0.3 is 5.73 Å². The average molecular weight is 321 g/mol. The number of alkyl halides is 1. The first-order valence-corrected chi connectivity index (χ1v) is 5.90. The molecule has 0 fully saturated rings. The van der Waals surface area contributed by atoms with Crippen molar-refractivity contribution >= 4 is 37.8 Å². The van der Waals surface area contributed by atoms with E-state index in [0.29, 0.717) is 6.42 Å². The first kappa shape index (κ1) is 11.7. The molecule has 2 N–H and O–H groups in total. The zero-order chi connectivity index (χ0) is 10.7. The summed E-state index contributed by atoms with van der Waals surface area (Å²) in [5.41, 5.74) is 7.42. The molecule has 2 nitrogen and oxygen atoms in total. The fourth-order valence-electron chi connectivity index (χ4n) is 1.16. The largest absolute Gasteiger partial charge is 0.369 e. The van der Waals surface area contributed by atoms with Gasteiger partial charge in [-0.05, 0) is 24.5 Å². The van der Waals surface area contributed by atoms with Crippen molar-refractivity contribution < 1.29 is 4.79 Å². The van der Waals surface area contributed by atoms with Crippen molar-refractivity contribution in [2.75, 3.05) is 0 Å². The van der Waals surface area contributed by atoms with Crippen LogP contribution < -0.4 is 5.73 Å². The Labute approximate surface area is 100 Å². The third kappa shape index (κ3) is 2.82. The van der Waals surface area contributed by atoms with Crippen molar-refractivity contribution in [3.05, 3.63) is 33.8 Å². The van der Waals surface area contributed by atoms with Gasteiger partial charge in [-0.1, -0.05) is 50.1 Å². The van der Waals surface area contributed by atoms with Crippen LogP contribution in [0.15, 0.2) is 22.7 Å². The molecular formula is C10H11Br2NO. The van der Waals surface area contributed by atoms with Gasteiger partial charge in [0.05, 0.1) is 4.83 Å². The van der Waals surface area contributed by atoms with Crippen LogP contribution in [0.5, 0.6) is 0 Å². The summed E-state index contributed by atoms with van der Waals surface area (Å²) in [7, 11) is 0. The molecule has 4 heteroatoms. The van der Waals surface area contributed by atoms with E-state index in [0.717, 1.165) is 15.6 Å². The van der Waals surface area contributed by atoms with Gasteiger partial charge in [-0.3, -0.25) is 4.79 Å². The van der Waals surface area contributed by atoms with Gasteiger partial charge in [0.1, 0.15) is 0 Å². The number of aryl methyl sites for hydroxylation is 1. The molecule has 76 valence electrons. The lowest BCUT2D eigenvalue weighted by Crippen LogP contribution is -2.25. The van der Waals surface area contributed by atoms with Gasteiger partial charge in [-0.15, -0.1) is 0 Å². The highest BCUT2D eigenvalue weighted by molar-refractivity contribution is 9.10. The van der Waals surface area contributed by atoms with Crippen LogP contribution in [-0.2, 0) is 11.2 Å². The van der Waals surface area contributed by atoms with Crippen molar-refractivity contribution in [2.45, 2.75) is 18.2 Å². The molecule has 1 aromatic carbocycles. The summed E-state index contributed by atoms with van der Waals surface area (Å²) < 4.78 is 1.05. The standard InChI is InChI=1S/C10H11Br2NO/c1-6-3-2-4-7(9(6)12)5-8(11)10(13)14/h2-4,8H,5H2,1H3,(H2,13,14). The Balaban J connectivity index is 2.87. The van der Waals surface area contributed by atoms with E-state index in [1.165, 1.54) is 0 Å². The molecule has 0 saturated carbocycles. The van der Waals surface area contributed by atoms with Crippen molar-refractivity contribution in [2.24, 2.45) is 5.73 Å². The predicted molar refractivity (Wildman–Crippen MR) is 64.5 cm³/mol. The van der Waals surface area contributed by atoms with Gasteiger partial charge in [0.2, 0.25) is 5.91 Å². The smallest absolute Gasteiger partial charge is 0.231 e. The van der Waals surface area contributed by atoms with E-state index < -0.39 is 0 Å². The molecule has 1 unspecified atom stereocenters. The minimum absolute atomic E-state index is 0.305. The summed E-state index contributed by atoms with van der Waals surface area (Å²) in [5.74, 6) is -0.335. The monoisotopic (exact) mass is 319 g/mol. The molecular weight excluding hydrogens is 310 g/mol. The number of hydrogen-bond donors (Lipinski definition) is 1. The molecule has 0 aliphatic heterocycles. The number of hydrogen-bond acceptors (Lipinski definition) is 1. The first-order valence-electron chi connectivity index (χ1n) is 4.19. The highest BCUT2D eigenvalue weighted by Gasteiger charge is 2.13. The molecule has 0 radical (unpaired) electrons. The topological polar surface area (TPSA) is 43.1 Å². The van der Waals surface area contributed by atoms with Crippen LogP contribution in [0.1, 0.15) is 11.1 Å². The quantitative estimate of drug-likeness (QED) is 0.855. The van der Waals surface area contributed by atoms with Gasteiger partial charge in [-0.2, -0.15) is 0 Å². The number of amides is 1. The van der Waals surface area contributed by atoms with Gasteiger partial charge in [-0.25, -0.2) is 0 Å². The number of primary amides is 1. The van der Waals surface area contributed by atoms with E-state index in [9.17, 15) is 4.79 Å². The lowest BCUT2D eigenvalue weighted by molar-refractivity contribution is -0.117. The van der Waals surface area contributed by atoms with Crippen LogP contribution in [0.4, 0.5) is 0 Å². The Morgan fingerprint density at radius 3 is 2.79 bits per heavy atom. The van der Waals surface area contributed by atoms with Gasteiger partial charge in [0.15, 0.2) is 0 Å². The van der Waals surface area contributed by atoms with Gasteiger partial charge in [0.25, 0.3) is 0 Å². The van der Waals surface area contributed by atoms with Gasteiger partial charge in [0, 0.05) is 4.47 Å². The zero-order valence-corrected chi connectivity index (χ0v) is 10.9. The molecule has 0 aromatic heterocycles. The lowest BCUT2D eigenvalue weighted by atomic mass is 10.1. The Kier molecular flexibility index (Phi) is 4.13. The molecule has 1 rings (SSSR count). The van der Waals surface area contributed by atoms with E-state index in [-0.39, 0.29) is 10.7 Å². The second-order valence-corrected chi connectivity index (χ2v) is 5.02. The summed E-state index contributed by atoms with van der Waals surface area (Å²) >= 11 is 6.73. The van der Waals surface area contributed by atoms with E-state index in [2.05, 4.69) is 31.9 Å². The van der Waals surface area contributed by atoms with E-state index in [1.807, 2.05) is 25.1 Å². The SMILES string of the molecule is Cc1cccc(CC(Br)C(N)=O)c1Br. The number of nitrogens with two attached hydrogens (primary N) is 1. The maximum Gasteiger partial charge on any atom is 0.231 e. The Hall–Kier alpha value is -0.350. The summed E-state index contributed by atoms with van der Waals surface area (Å²) in [6.45, 7) is 2.01. The molecule has 0 spiro atoms. The van der Waals surface area contributed by atoms with Crippen LogP contribution in [0.3, 0.4) is 0 Å². The van der Waals surface area contributed by atoms with E-state index in [4.69, 9.17) is 5.73 Å². The number of carbonyl (C=O) groups excluding carboxylic acids is 1. The van der Waals surface area contributed by atoms with Gasteiger partial charge >= 0.3 is 0 Å². The van der Waals surface area contributed by atoms with Crippen LogP contribution in [0, 0.1) is 6.92 Å². The fourth-order valence-corrected chi connectivity index (χ4v) is 1.93. The Bertz CT molecular complexity index is 352. The van der Waals surface area contributed by atoms with Crippen LogP contribution in [0.2, 0.25) is 0 Å². The zero-order valence-electron chi connectivity index (χ0n) is 7.76. The van der Waals surface area contributed by atoms with Crippen LogP contribution >= 0.6 is 31.9 Å². The third-order valence-corrected chi connectivity index (χ3v) is 3.89. The minimum Gasteiger partial charge on any atom is -0.369 e. The molecule has 0 aliphatic carbocycles. The summed E-state index contributed by atoms with van der Waals surface area (Å²) in [6, 6.07) is 5.96. The molecule has 14 heavy (non-hydrogen) atoms. The molecule has 0 bridgehead atoms. The second kappa shape index (κ2) is 4.94. The maximum atomic E-state index is 10.9. The van der Waals surface area contributed by atoms with Crippen molar-refractivity contribution in [3.8, 4) is 0 Å². The normalized spacial score (nSPS) is 12.5. The molecule has 0 aliphatic rings. The summed E-state index contributed by atoms with van der Waals surface area (Å²) in [4.78, 5) is 10.6. The molecule has 1 aromatic rings. The van der Waals surface area contributed by atoms with Crippen molar-refractivity contribution in [3.63, 3.8) is 0 Å². The number of benzene rings is 1. The highest BCUT2D eigenvalue weighted by Crippen LogP contribution is 2.23. The second-order valence-electron chi connectivity index (χ2n) is 3.12. The van der Waals surface area contributed by atoms with Crippen molar-refractivity contribution in [1.82, 2.24) is 0 Å². The lowest BCUT2D eigenvalue weighted by Gasteiger charge is -2.09.